The van der Waals surface area contributed by atoms with E-state index < -0.39 is 10.0 Å². The fourth-order valence-electron chi connectivity index (χ4n) is 2.82. The second-order valence-electron chi connectivity index (χ2n) is 4.22. The van der Waals surface area contributed by atoms with Gasteiger partial charge in [0.2, 0.25) is 10.0 Å². The first-order chi connectivity index (χ1) is 6.65. The van der Waals surface area contributed by atoms with Gasteiger partial charge >= 0.3 is 0 Å². The molecule has 0 aromatic rings. The molecule has 2 fully saturated rings. The Balaban J connectivity index is 2.22. The van der Waals surface area contributed by atoms with Gasteiger partial charge in [-0.25, -0.2) is 8.42 Å². The molecule has 0 N–H and O–H groups in total. The van der Waals surface area contributed by atoms with Gasteiger partial charge in [-0.3, -0.25) is 0 Å². The van der Waals surface area contributed by atoms with Gasteiger partial charge in [0.1, 0.15) is 0 Å². The highest BCUT2D eigenvalue weighted by molar-refractivity contribution is 7.92. The molecule has 0 aromatic heterocycles. The third kappa shape index (κ3) is 1.61. The Hall–Kier alpha value is -0.350. The van der Waals surface area contributed by atoms with E-state index in [1.165, 1.54) is 19.3 Å². The van der Waals surface area contributed by atoms with Crippen molar-refractivity contribution in [2.75, 3.05) is 6.54 Å². The van der Waals surface area contributed by atoms with Crippen molar-refractivity contribution in [1.29, 1.82) is 0 Å². The molecule has 2 unspecified atom stereocenters. The smallest absolute Gasteiger partial charge is 0.208 e. The number of hydrogen-bond donors (Lipinski definition) is 0. The maximum atomic E-state index is 11.7. The molecule has 14 heavy (non-hydrogen) atoms. The highest BCUT2D eigenvalue weighted by atomic mass is 32.2. The average Bonchev–Trinajstić information content (AvgIpc) is 2.64. The van der Waals surface area contributed by atoms with E-state index in [0.29, 0.717) is 12.5 Å². The molecule has 1 heterocycles. The summed E-state index contributed by atoms with van der Waals surface area (Å²) >= 11 is 0. The molecule has 1 aliphatic heterocycles. The van der Waals surface area contributed by atoms with Crippen molar-refractivity contribution in [3.63, 3.8) is 0 Å². The molecular weight excluding hydrogens is 198 g/mol. The SMILES string of the molecule is C=CS(=O)(=O)N1CCCC2CCCC21. The Bertz CT molecular complexity index is 323. The van der Waals surface area contributed by atoms with Crippen molar-refractivity contribution < 1.29 is 8.42 Å². The number of nitrogens with zero attached hydrogens (tertiary/aromatic N) is 1. The van der Waals surface area contributed by atoms with E-state index >= 15 is 0 Å². The predicted molar refractivity (Wildman–Crippen MR) is 56.2 cm³/mol. The topological polar surface area (TPSA) is 37.4 Å². The average molecular weight is 215 g/mol. The van der Waals surface area contributed by atoms with Gasteiger partial charge in [0, 0.05) is 18.0 Å². The molecule has 0 radical (unpaired) electrons. The lowest BCUT2D eigenvalue weighted by molar-refractivity contribution is 0.204. The minimum atomic E-state index is -3.18. The van der Waals surface area contributed by atoms with E-state index in [1.807, 2.05) is 0 Å². The van der Waals surface area contributed by atoms with Gasteiger partial charge in [-0.1, -0.05) is 13.0 Å². The lowest BCUT2D eigenvalue weighted by Gasteiger charge is -2.35. The Morgan fingerprint density at radius 1 is 1.21 bits per heavy atom. The van der Waals surface area contributed by atoms with Crippen molar-refractivity contribution in [2.24, 2.45) is 5.92 Å². The molecule has 1 saturated heterocycles. The van der Waals surface area contributed by atoms with Gasteiger partial charge in [-0.2, -0.15) is 4.31 Å². The van der Waals surface area contributed by atoms with Crippen LogP contribution in [0.3, 0.4) is 0 Å². The zero-order valence-corrected chi connectivity index (χ0v) is 9.17. The molecule has 2 atom stereocenters. The largest absolute Gasteiger partial charge is 0.235 e. The first-order valence-electron chi connectivity index (χ1n) is 5.29. The van der Waals surface area contributed by atoms with E-state index in [2.05, 4.69) is 6.58 Å². The van der Waals surface area contributed by atoms with E-state index in [0.717, 1.165) is 18.2 Å². The van der Waals surface area contributed by atoms with E-state index in [9.17, 15) is 8.42 Å². The predicted octanol–water partition coefficient (Wildman–Crippen LogP) is 1.72. The van der Waals surface area contributed by atoms with Crippen molar-refractivity contribution in [2.45, 2.75) is 38.1 Å². The molecule has 4 heteroatoms. The summed E-state index contributed by atoms with van der Waals surface area (Å²) in [7, 11) is -3.18. The lowest BCUT2D eigenvalue weighted by Crippen LogP contribution is -2.45. The molecule has 0 bridgehead atoms. The van der Waals surface area contributed by atoms with Crippen LogP contribution in [-0.2, 0) is 10.0 Å². The van der Waals surface area contributed by atoms with Crippen molar-refractivity contribution in [1.82, 2.24) is 4.31 Å². The summed E-state index contributed by atoms with van der Waals surface area (Å²) in [4.78, 5) is 0. The van der Waals surface area contributed by atoms with Gasteiger partial charge in [-0.05, 0) is 31.6 Å². The Morgan fingerprint density at radius 2 is 1.93 bits per heavy atom. The fraction of sp³-hybridized carbons (Fsp3) is 0.800. The summed E-state index contributed by atoms with van der Waals surface area (Å²) in [5, 5.41) is 1.09. The molecule has 1 saturated carbocycles. The summed E-state index contributed by atoms with van der Waals surface area (Å²) in [6.45, 7) is 4.08. The summed E-state index contributed by atoms with van der Waals surface area (Å²) in [5.41, 5.74) is 0. The molecule has 0 amide bonds. The maximum Gasteiger partial charge on any atom is 0.235 e. The third-order valence-corrected chi connectivity index (χ3v) is 5.01. The molecule has 80 valence electrons. The minimum Gasteiger partial charge on any atom is -0.208 e. The molecule has 2 rings (SSSR count). The first-order valence-corrected chi connectivity index (χ1v) is 6.80. The van der Waals surface area contributed by atoms with E-state index in [4.69, 9.17) is 0 Å². The number of piperidine rings is 1. The zero-order chi connectivity index (χ0) is 10.2. The summed E-state index contributed by atoms with van der Waals surface area (Å²) in [6, 6.07) is 0.270. The lowest BCUT2D eigenvalue weighted by atomic mass is 9.94. The quantitative estimate of drug-likeness (QED) is 0.703. The first kappa shape index (κ1) is 10.2. The van der Waals surface area contributed by atoms with Crippen LogP contribution < -0.4 is 0 Å². The van der Waals surface area contributed by atoms with Gasteiger partial charge in [0.25, 0.3) is 0 Å². The molecule has 2 aliphatic rings. The second kappa shape index (κ2) is 3.66. The number of hydrogen-bond acceptors (Lipinski definition) is 2. The zero-order valence-electron chi connectivity index (χ0n) is 8.35. The van der Waals surface area contributed by atoms with Crippen LogP contribution in [0.5, 0.6) is 0 Å². The third-order valence-electron chi connectivity index (χ3n) is 3.48. The van der Waals surface area contributed by atoms with Crippen LogP contribution in [0.25, 0.3) is 0 Å². The summed E-state index contributed by atoms with van der Waals surface area (Å²) in [5.74, 6) is 0.610. The normalized spacial score (nSPS) is 34.0. The molecule has 0 spiro atoms. The standard InChI is InChI=1S/C10H17NO2S/c1-2-14(12,13)11-8-4-6-9-5-3-7-10(9)11/h2,9-10H,1,3-8H2. The molecule has 1 aliphatic carbocycles. The Labute approximate surface area is 85.8 Å². The minimum absolute atomic E-state index is 0.270. The van der Waals surface area contributed by atoms with Crippen LogP contribution in [-0.4, -0.2) is 25.3 Å². The van der Waals surface area contributed by atoms with Gasteiger partial charge < -0.3 is 0 Å². The van der Waals surface area contributed by atoms with Crippen LogP contribution in [0.15, 0.2) is 12.0 Å². The Kier molecular flexibility index (Phi) is 2.66. The van der Waals surface area contributed by atoms with Crippen molar-refractivity contribution in [3.05, 3.63) is 12.0 Å². The molecule has 0 aromatic carbocycles. The molecular formula is C10H17NO2S. The molecule has 3 nitrogen and oxygen atoms in total. The van der Waals surface area contributed by atoms with Crippen LogP contribution in [0.4, 0.5) is 0 Å². The fourth-order valence-corrected chi connectivity index (χ4v) is 4.05. The summed E-state index contributed by atoms with van der Waals surface area (Å²) in [6.07, 6.45) is 5.63. The van der Waals surface area contributed by atoms with Crippen LogP contribution in [0, 0.1) is 5.92 Å². The highest BCUT2D eigenvalue weighted by Crippen LogP contribution is 2.38. The number of sulfonamides is 1. The van der Waals surface area contributed by atoms with E-state index in [1.54, 1.807) is 4.31 Å². The number of rotatable bonds is 2. The highest BCUT2D eigenvalue weighted by Gasteiger charge is 2.39. The summed E-state index contributed by atoms with van der Waals surface area (Å²) < 4.78 is 25.1. The van der Waals surface area contributed by atoms with Crippen LogP contribution >= 0.6 is 0 Å². The second-order valence-corrected chi connectivity index (χ2v) is 6.06. The van der Waals surface area contributed by atoms with Gasteiger partial charge in [0.15, 0.2) is 0 Å². The maximum absolute atomic E-state index is 11.7. The monoisotopic (exact) mass is 215 g/mol. The van der Waals surface area contributed by atoms with E-state index in [-0.39, 0.29) is 6.04 Å². The van der Waals surface area contributed by atoms with Gasteiger partial charge in [0.05, 0.1) is 0 Å². The number of fused-ring (bicyclic) bond motifs is 1. The van der Waals surface area contributed by atoms with Gasteiger partial charge in [-0.15, -0.1) is 0 Å². The van der Waals surface area contributed by atoms with Crippen LogP contribution in [0.1, 0.15) is 32.1 Å². The Morgan fingerprint density at radius 3 is 2.64 bits per heavy atom. The van der Waals surface area contributed by atoms with Crippen LogP contribution in [0.2, 0.25) is 0 Å². The van der Waals surface area contributed by atoms with Crippen molar-refractivity contribution >= 4 is 10.0 Å². The van der Waals surface area contributed by atoms with Crippen molar-refractivity contribution in [3.8, 4) is 0 Å².